The van der Waals surface area contributed by atoms with Crippen LogP contribution in [0.2, 0.25) is 0 Å². The molecule has 0 aliphatic carbocycles. The first-order valence-electron chi connectivity index (χ1n) is 10.2. The van der Waals surface area contributed by atoms with Crippen LogP contribution in [0.3, 0.4) is 0 Å². The molecule has 4 rings (SSSR count). The zero-order valence-electron chi connectivity index (χ0n) is 17.6. The normalized spacial score (nSPS) is 13.6. The summed E-state index contributed by atoms with van der Waals surface area (Å²) < 4.78 is 47.1. The van der Waals surface area contributed by atoms with E-state index in [0.29, 0.717) is 22.8 Å². The second-order valence-electron chi connectivity index (χ2n) is 7.27. The van der Waals surface area contributed by atoms with E-state index in [1.54, 1.807) is 24.3 Å². The van der Waals surface area contributed by atoms with Crippen molar-refractivity contribution >= 4 is 28.8 Å². The number of benzene rings is 3. The lowest BCUT2D eigenvalue weighted by atomic mass is 10.0. The van der Waals surface area contributed by atoms with E-state index < -0.39 is 29.3 Å². The van der Waals surface area contributed by atoms with Crippen LogP contribution in [0.25, 0.3) is 5.57 Å². The van der Waals surface area contributed by atoms with Gasteiger partial charge in [0.15, 0.2) is 11.6 Å². The number of amides is 2. The summed E-state index contributed by atoms with van der Waals surface area (Å²) in [6.45, 7) is 2.49. The van der Waals surface area contributed by atoms with Gasteiger partial charge in [0.05, 0.1) is 17.9 Å². The molecule has 168 valence electrons. The second-order valence-corrected chi connectivity index (χ2v) is 7.27. The number of ether oxygens (including phenoxy) is 1. The van der Waals surface area contributed by atoms with Gasteiger partial charge in [-0.2, -0.15) is 0 Å². The third kappa shape index (κ3) is 4.32. The summed E-state index contributed by atoms with van der Waals surface area (Å²) in [5, 5.41) is 2.71. The van der Waals surface area contributed by atoms with Crippen molar-refractivity contribution in [1.82, 2.24) is 0 Å². The molecule has 3 aromatic rings. The maximum Gasteiger partial charge on any atom is 0.282 e. The molecule has 33 heavy (non-hydrogen) atoms. The zero-order chi connectivity index (χ0) is 23.5. The molecule has 0 fully saturated rings. The quantitative estimate of drug-likeness (QED) is 0.495. The molecule has 0 unspecified atom stereocenters. The molecule has 1 heterocycles. The van der Waals surface area contributed by atoms with E-state index in [0.717, 1.165) is 24.6 Å². The van der Waals surface area contributed by atoms with E-state index in [1.807, 2.05) is 6.92 Å². The van der Waals surface area contributed by atoms with Gasteiger partial charge in [-0.15, -0.1) is 0 Å². The Labute approximate surface area is 188 Å². The molecule has 8 heteroatoms. The first kappa shape index (κ1) is 22.1. The van der Waals surface area contributed by atoms with Gasteiger partial charge >= 0.3 is 0 Å². The molecule has 0 spiro atoms. The molecular weight excluding hydrogens is 433 g/mol. The van der Waals surface area contributed by atoms with E-state index >= 15 is 0 Å². The number of imide groups is 1. The first-order chi connectivity index (χ1) is 15.9. The van der Waals surface area contributed by atoms with Gasteiger partial charge in [-0.1, -0.05) is 31.2 Å². The van der Waals surface area contributed by atoms with Crippen molar-refractivity contribution in [2.45, 2.75) is 13.3 Å². The van der Waals surface area contributed by atoms with E-state index in [4.69, 9.17) is 4.74 Å². The lowest BCUT2D eigenvalue weighted by molar-refractivity contribution is -0.120. The number of hydrogen-bond acceptors (Lipinski definition) is 4. The molecule has 0 radical (unpaired) electrons. The molecule has 1 N–H and O–H groups in total. The minimum Gasteiger partial charge on any atom is -0.494 e. The number of nitrogens with one attached hydrogen (secondary N) is 1. The Hall–Kier alpha value is -4.07. The van der Waals surface area contributed by atoms with Crippen LogP contribution in [-0.2, 0) is 9.59 Å². The summed E-state index contributed by atoms with van der Waals surface area (Å²) >= 11 is 0. The average molecular weight is 452 g/mol. The fraction of sp³-hybridized carbons (Fsp3) is 0.120. The fourth-order valence-corrected chi connectivity index (χ4v) is 3.42. The highest BCUT2D eigenvalue weighted by molar-refractivity contribution is 6.46. The van der Waals surface area contributed by atoms with Gasteiger partial charge < -0.3 is 10.1 Å². The number of halogens is 3. The smallest absolute Gasteiger partial charge is 0.282 e. The van der Waals surface area contributed by atoms with E-state index in [9.17, 15) is 22.8 Å². The number of anilines is 2. The number of hydrogen-bond donors (Lipinski definition) is 1. The fourth-order valence-electron chi connectivity index (χ4n) is 3.42. The van der Waals surface area contributed by atoms with Crippen molar-refractivity contribution in [2.24, 2.45) is 0 Å². The predicted molar refractivity (Wildman–Crippen MR) is 118 cm³/mol. The minimum atomic E-state index is -1.12. The minimum absolute atomic E-state index is 0.0324. The third-order valence-electron chi connectivity index (χ3n) is 4.98. The molecule has 0 aromatic heterocycles. The number of carbonyl (C=O) groups is 2. The Morgan fingerprint density at radius 2 is 1.58 bits per heavy atom. The number of rotatable bonds is 7. The van der Waals surface area contributed by atoms with Crippen LogP contribution in [0.1, 0.15) is 18.9 Å². The molecule has 5 nitrogen and oxygen atoms in total. The zero-order valence-corrected chi connectivity index (χ0v) is 17.6. The second kappa shape index (κ2) is 9.20. The van der Waals surface area contributed by atoms with Crippen LogP contribution in [-0.4, -0.2) is 18.4 Å². The number of para-hydroxylation sites is 1. The number of nitrogens with zero attached hydrogens (tertiary/aromatic N) is 1. The summed E-state index contributed by atoms with van der Waals surface area (Å²) in [7, 11) is 0. The Balaban J connectivity index is 1.78. The van der Waals surface area contributed by atoms with Gasteiger partial charge in [0.25, 0.3) is 11.8 Å². The van der Waals surface area contributed by atoms with Gasteiger partial charge in [0.2, 0.25) is 0 Å². The summed E-state index contributed by atoms with van der Waals surface area (Å²) in [5.41, 5.74) is 0.00320. The van der Waals surface area contributed by atoms with Gasteiger partial charge in [-0.05, 0) is 48.4 Å². The van der Waals surface area contributed by atoms with E-state index in [1.165, 1.54) is 24.3 Å². The Morgan fingerprint density at radius 3 is 2.24 bits per heavy atom. The van der Waals surface area contributed by atoms with Crippen molar-refractivity contribution in [3.05, 3.63) is 95.4 Å². The van der Waals surface area contributed by atoms with Crippen molar-refractivity contribution < 1.29 is 27.5 Å². The lowest BCUT2D eigenvalue weighted by Crippen LogP contribution is -2.33. The van der Waals surface area contributed by atoms with Crippen LogP contribution >= 0.6 is 0 Å². The first-order valence-corrected chi connectivity index (χ1v) is 10.2. The molecule has 1 aliphatic heterocycles. The SMILES string of the molecule is CCCOc1ccc(C2=C(Nc3ccc(F)c(F)c3)C(=O)N(c3ccccc3F)C2=O)cc1. The summed E-state index contributed by atoms with van der Waals surface area (Å²) in [6.07, 6.45) is 0.819. The lowest BCUT2D eigenvalue weighted by Gasteiger charge is -2.16. The Morgan fingerprint density at radius 1 is 0.848 bits per heavy atom. The van der Waals surface area contributed by atoms with E-state index in [-0.39, 0.29) is 22.6 Å². The summed E-state index contributed by atoms with van der Waals surface area (Å²) in [5.74, 6) is -3.93. The van der Waals surface area contributed by atoms with Gasteiger partial charge in [0, 0.05) is 11.8 Å². The van der Waals surface area contributed by atoms with E-state index in [2.05, 4.69) is 5.32 Å². The largest absolute Gasteiger partial charge is 0.494 e. The molecule has 0 atom stereocenters. The van der Waals surface area contributed by atoms with Crippen molar-refractivity contribution in [1.29, 1.82) is 0 Å². The standard InChI is InChI=1S/C25H19F3N2O3/c1-2-13-33-17-10-7-15(8-11-17)22-23(29-16-9-12-18(26)20(28)14-16)25(32)30(24(22)31)21-6-4-3-5-19(21)27/h3-12,14,29H,2,13H2,1H3. The maximum atomic E-state index is 14.4. The Bertz CT molecular complexity index is 1260. The third-order valence-corrected chi connectivity index (χ3v) is 4.98. The molecule has 3 aromatic carbocycles. The van der Waals surface area contributed by atoms with Crippen molar-refractivity contribution in [2.75, 3.05) is 16.8 Å². The van der Waals surface area contributed by atoms with Crippen LogP contribution in [0, 0.1) is 17.5 Å². The molecule has 1 aliphatic rings. The molecule has 0 saturated heterocycles. The van der Waals surface area contributed by atoms with Gasteiger partial charge in [-0.3, -0.25) is 9.59 Å². The summed E-state index contributed by atoms with van der Waals surface area (Å²) in [6, 6.07) is 14.9. The monoisotopic (exact) mass is 452 g/mol. The molecule has 0 bridgehead atoms. The number of carbonyl (C=O) groups excluding carboxylic acids is 2. The van der Waals surface area contributed by atoms with Crippen molar-refractivity contribution in [3.63, 3.8) is 0 Å². The van der Waals surface area contributed by atoms with Crippen LogP contribution in [0.15, 0.2) is 72.4 Å². The van der Waals surface area contributed by atoms with Crippen LogP contribution in [0.5, 0.6) is 5.75 Å². The predicted octanol–water partition coefficient (Wildman–Crippen LogP) is 5.29. The van der Waals surface area contributed by atoms with Gasteiger partial charge in [-0.25, -0.2) is 18.1 Å². The summed E-state index contributed by atoms with van der Waals surface area (Å²) in [4.78, 5) is 27.3. The molecular formula is C25H19F3N2O3. The van der Waals surface area contributed by atoms with Crippen LogP contribution < -0.4 is 15.0 Å². The Kier molecular flexibility index (Phi) is 6.17. The van der Waals surface area contributed by atoms with Gasteiger partial charge in [0.1, 0.15) is 17.3 Å². The topological polar surface area (TPSA) is 58.6 Å². The maximum absolute atomic E-state index is 14.4. The molecule has 0 saturated carbocycles. The average Bonchev–Trinajstić information content (AvgIpc) is 3.05. The highest BCUT2D eigenvalue weighted by Crippen LogP contribution is 2.35. The van der Waals surface area contributed by atoms with Crippen molar-refractivity contribution in [3.8, 4) is 5.75 Å². The highest BCUT2D eigenvalue weighted by atomic mass is 19.2. The highest BCUT2D eigenvalue weighted by Gasteiger charge is 2.41. The molecule has 2 amide bonds. The van der Waals surface area contributed by atoms with Crippen LogP contribution in [0.4, 0.5) is 24.5 Å².